The minimum absolute atomic E-state index is 0.333. The Hall–Kier alpha value is -2.91. The van der Waals surface area contributed by atoms with Crippen LogP contribution in [-0.4, -0.2) is 9.97 Å². The molecule has 5 aromatic rings. The van der Waals surface area contributed by atoms with E-state index in [0.29, 0.717) is 16.6 Å². The van der Waals surface area contributed by atoms with Crippen LogP contribution in [0.25, 0.3) is 44.2 Å². The molecule has 0 saturated carbocycles. The first-order valence-corrected chi connectivity index (χ1v) is 9.02. The molecule has 0 unspecified atom stereocenters. The Morgan fingerprint density at radius 2 is 1.46 bits per heavy atom. The summed E-state index contributed by atoms with van der Waals surface area (Å²) in [6.45, 7) is 4.00. The minimum Gasteiger partial charge on any atom is -0.451 e. The number of rotatable bonds is 1. The predicted octanol–water partition coefficient (Wildman–Crippen LogP) is 6.88. The molecule has 128 valence electrons. The quantitative estimate of drug-likeness (QED) is 0.306. The van der Waals surface area contributed by atoms with Crippen LogP contribution in [0.2, 0.25) is 5.15 Å². The zero-order valence-corrected chi connectivity index (χ0v) is 15.3. The summed E-state index contributed by atoms with van der Waals surface area (Å²) >= 11 is 6.39. The van der Waals surface area contributed by atoms with Gasteiger partial charge in [-0.2, -0.15) is 0 Å². The zero-order valence-electron chi connectivity index (χ0n) is 14.5. The van der Waals surface area contributed by atoms with Gasteiger partial charge >= 0.3 is 0 Å². The summed E-state index contributed by atoms with van der Waals surface area (Å²) in [5.74, 6) is 0.607. The van der Waals surface area contributed by atoms with Crippen molar-refractivity contribution in [1.82, 2.24) is 9.97 Å². The molecule has 0 radical (unpaired) electrons. The molecule has 5 rings (SSSR count). The fourth-order valence-electron chi connectivity index (χ4n) is 3.10. The Morgan fingerprint density at radius 3 is 2.31 bits per heavy atom. The summed E-state index contributed by atoms with van der Waals surface area (Å²) in [6, 6.07) is 22.1. The summed E-state index contributed by atoms with van der Waals surface area (Å²) in [7, 11) is 0. The number of hydrogen-bond acceptors (Lipinski definition) is 3. The molecule has 0 aliphatic rings. The smallest absolute Gasteiger partial charge is 0.191 e. The number of hydrogen-bond donors (Lipinski definition) is 0. The highest BCUT2D eigenvalue weighted by Gasteiger charge is 2.16. The van der Waals surface area contributed by atoms with Gasteiger partial charge in [0.2, 0.25) is 0 Å². The SMILES string of the molecule is CC.Clc1nc(-c2cccc3ccccc23)nc2c1oc1ccccc12. The van der Waals surface area contributed by atoms with E-state index in [9.17, 15) is 0 Å². The van der Waals surface area contributed by atoms with E-state index in [4.69, 9.17) is 21.0 Å². The standard InChI is InChI=1S/C20H11ClN2O.C2H6/c21-19-18-17(15-9-3-4-11-16(15)24-18)22-20(23-19)14-10-5-7-12-6-1-2-8-13(12)14;1-2/h1-11H;1-2H3. The Balaban J connectivity index is 0.000000814. The highest BCUT2D eigenvalue weighted by Crippen LogP contribution is 2.34. The van der Waals surface area contributed by atoms with E-state index in [1.807, 2.05) is 62.4 Å². The molecular weight excluding hydrogens is 344 g/mol. The minimum atomic E-state index is 0.333. The van der Waals surface area contributed by atoms with E-state index in [2.05, 4.69) is 23.2 Å². The second-order valence-electron chi connectivity index (χ2n) is 5.64. The van der Waals surface area contributed by atoms with Gasteiger partial charge < -0.3 is 4.42 Å². The molecule has 4 heteroatoms. The van der Waals surface area contributed by atoms with Gasteiger partial charge in [-0.25, -0.2) is 9.97 Å². The summed E-state index contributed by atoms with van der Waals surface area (Å²) < 4.78 is 5.80. The van der Waals surface area contributed by atoms with Gasteiger partial charge in [0.15, 0.2) is 16.6 Å². The first-order chi connectivity index (χ1) is 12.8. The third-order valence-electron chi connectivity index (χ3n) is 4.21. The number of para-hydroxylation sites is 1. The maximum Gasteiger partial charge on any atom is 0.191 e. The van der Waals surface area contributed by atoms with Gasteiger partial charge in [-0.05, 0) is 22.9 Å². The van der Waals surface area contributed by atoms with Crippen molar-refractivity contribution in [1.29, 1.82) is 0 Å². The van der Waals surface area contributed by atoms with Gasteiger partial charge in [0.1, 0.15) is 11.1 Å². The molecule has 0 aliphatic carbocycles. The molecule has 2 aromatic heterocycles. The molecular formula is C22H17ClN2O. The van der Waals surface area contributed by atoms with Crippen LogP contribution in [0.4, 0.5) is 0 Å². The van der Waals surface area contributed by atoms with E-state index in [1.54, 1.807) is 0 Å². The average Bonchev–Trinajstić information content (AvgIpc) is 3.08. The second-order valence-corrected chi connectivity index (χ2v) is 6.00. The van der Waals surface area contributed by atoms with Crippen LogP contribution in [-0.2, 0) is 0 Å². The normalized spacial score (nSPS) is 10.9. The molecule has 0 saturated heterocycles. The fraction of sp³-hybridized carbons (Fsp3) is 0.0909. The van der Waals surface area contributed by atoms with Gasteiger partial charge in [0, 0.05) is 10.9 Å². The highest BCUT2D eigenvalue weighted by atomic mass is 35.5. The third kappa shape index (κ3) is 2.61. The average molecular weight is 361 g/mol. The molecule has 3 aromatic carbocycles. The van der Waals surface area contributed by atoms with Crippen LogP contribution in [0.3, 0.4) is 0 Å². The number of fused-ring (bicyclic) bond motifs is 4. The molecule has 0 fully saturated rings. The van der Waals surface area contributed by atoms with Gasteiger partial charge in [0.25, 0.3) is 0 Å². The second kappa shape index (κ2) is 6.77. The molecule has 2 heterocycles. The molecule has 0 aliphatic heterocycles. The van der Waals surface area contributed by atoms with Crippen molar-refractivity contribution in [2.24, 2.45) is 0 Å². The maximum absolute atomic E-state index is 6.39. The van der Waals surface area contributed by atoms with Gasteiger partial charge in [-0.3, -0.25) is 0 Å². The van der Waals surface area contributed by atoms with E-state index < -0.39 is 0 Å². The van der Waals surface area contributed by atoms with Crippen molar-refractivity contribution in [3.05, 3.63) is 71.9 Å². The van der Waals surface area contributed by atoms with E-state index >= 15 is 0 Å². The van der Waals surface area contributed by atoms with Crippen molar-refractivity contribution in [2.45, 2.75) is 13.8 Å². The van der Waals surface area contributed by atoms with Gasteiger partial charge in [0.05, 0.1) is 0 Å². The number of halogens is 1. The molecule has 0 N–H and O–H groups in total. The lowest BCUT2D eigenvalue weighted by atomic mass is 10.0. The van der Waals surface area contributed by atoms with Crippen LogP contribution >= 0.6 is 11.6 Å². The Kier molecular flexibility index (Phi) is 4.31. The van der Waals surface area contributed by atoms with Crippen LogP contribution in [0.15, 0.2) is 71.1 Å². The topological polar surface area (TPSA) is 38.9 Å². The summed E-state index contributed by atoms with van der Waals surface area (Å²) in [5, 5.41) is 3.52. The van der Waals surface area contributed by atoms with Crippen molar-refractivity contribution in [3.63, 3.8) is 0 Å². The lowest BCUT2D eigenvalue weighted by molar-refractivity contribution is 0.666. The molecule has 0 bridgehead atoms. The van der Waals surface area contributed by atoms with Crippen molar-refractivity contribution < 1.29 is 4.42 Å². The highest BCUT2D eigenvalue weighted by molar-refractivity contribution is 6.34. The number of aromatic nitrogens is 2. The summed E-state index contributed by atoms with van der Waals surface area (Å²) in [5.41, 5.74) is 3.00. The molecule has 26 heavy (non-hydrogen) atoms. The lowest BCUT2D eigenvalue weighted by Crippen LogP contribution is -1.91. The lowest BCUT2D eigenvalue weighted by Gasteiger charge is -2.06. The van der Waals surface area contributed by atoms with Crippen molar-refractivity contribution in [2.75, 3.05) is 0 Å². The van der Waals surface area contributed by atoms with Crippen molar-refractivity contribution in [3.8, 4) is 11.4 Å². The molecule has 3 nitrogen and oxygen atoms in total. The van der Waals surface area contributed by atoms with E-state index in [1.165, 1.54) is 0 Å². The van der Waals surface area contributed by atoms with E-state index in [-0.39, 0.29) is 0 Å². The van der Waals surface area contributed by atoms with Gasteiger partial charge in [-0.15, -0.1) is 0 Å². The van der Waals surface area contributed by atoms with Crippen LogP contribution < -0.4 is 0 Å². The number of furan rings is 1. The largest absolute Gasteiger partial charge is 0.451 e. The Bertz CT molecular complexity index is 1220. The Morgan fingerprint density at radius 1 is 0.769 bits per heavy atom. The first-order valence-electron chi connectivity index (χ1n) is 8.64. The molecule has 0 atom stereocenters. The number of benzene rings is 3. The summed E-state index contributed by atoms with van der Waals surface area (Å²) in [4.78, 5) is 9.23. The molecule has 0 amide bonds. The van der Waals surface area contributed by atoms with Crippen LogP contribution in [0, 0.1) is 0 Å². The number of nitrogens with zero attached hydrogens (tertiary/aromatic N) is 2. The maximum atomic E-state index is 6.39. The zero-order chi connectivity index (χ0) is 18.1. The van der Waals surface area contributed by atoms with Crippen LogP contribution in [0.5, 0.6) is 0 Å². The third-order valence-corrected chi connectivity index (χ3v) is 4.47. The van der Waals surface area contributed by atoms with Crippen molar-refractivity contribution >= 4 is 44.4 Å². The fourth-order valence-corrected chi connectivity index (χ4v) is 3.31. The Labute approximate surface area is 156 Å². The van der Waals surface area contributed by atoms with E-state index in [0.717, 1.165) is 32.8 Å². The first kappa shape index (κ1) is 16.6. The summed E-state index contributed by atoms with van der Waals surface area (Å²) in [6.07, 6.45) is 0. The van der Waals surface area contributed by atoms with Gasteiger partial charge in [-0.1, -0.05) is 80.0 Å². The molecule has 0 spiro atoms. The predicted molar refractivity (Wildman–Crippen MR) is 109 cm³/mol. The monoisotopic (exact) mass is 360 g/mol. The van der Waals surface area contributed by atoms with Crippen LogP contribution in [0.1, 0.15) is 13.8 Å².